The standard InChI is InChI=1S/C3H9N2O5P/c4-1-3(6)5(7)2-11(8,9)10/h7H,1-2,4H2,(H2,8,9,10). The van der Waals surface area contributed by atoms with Crippen LogP contribution in [-0.2, 0) is 9.36 Å². The van der Waals surface area contributed by atoms with Gasteiger partial charge in [0.1, 0.15) is 6.29 Å². The molecule has 0 bridgehead atoms. The van der Waals surface area contributed by atoms with E-state index in [4.69, 9.17) is 20.7 Å². The molecular weight excluding hydrogens is 175 g/mol. The summed E-state index contributed by atoms with van der Waals surface area (Å²) in [4.78, 5) is 26.9. The molecule has 7 nitrogen and oxygen atoms in total. The number of nitrogens with two attached hydrogens (primary N) is 1. The van der Waals surface area contributed by atoms with E-state index in [0.717, 1.165) is 0 Å². The number of nitrogens with zero attached hydrogens (tertiary/aromatic N) is 1. The van der Waals surface area contributed by atoms with Gasteiger partial charge in [-0.1, -0.05) is 0 Å². The molecule has 0 saturated heterocycles. The molecule has 0 atom stereocenters. The van der Waals surface area contributed by atoms with Crippen molar-refractivity contribution in [3.63, 3.8) is 0 Å². The molecule has 0 aliphatic heterocycles. The van der Waals surface area contributed by atoms with Crippen LogP contribution < -0.4 is 5.73 Å². The van der Waals surface area contributed by atoms with E-state index in [1.165, 1.54) is 0 Å². The Morgan fingerprint density at radius 3 is 2.27 bits per heavy atom. The Bertz CT molecular complexity index is 188. The van der Waals surface area contributed by atoms with Gasteiger partial charge in [0, 0.05) is 0 Å². The third-order valence-corrected chi connectivity index (χ3v) is 1.42. The summed E-state index contributed by atoms with van der Waals surface area (Å²) < 4.78 is 10.2. The summed E-state index contributed by atoms with van der Waals surface area (Å²) >= 11 is 0. The number of hydrogen-bond acceptors (Lipinski definition) is 4. The summed E-state index contributed by atoms with van der Waals surface area (Å²) in [6.07, 6.45) is -1.02. The van der Waals surface area contributed by atoms with Crippen molar-refractivity contribution in [2.24, 2.45) is 5.73 Å². The molecule has 0 aliphatic rings. The molecule has 0 spiro atoms. The number of hydrogen-bond donors (Lipinski definition) is 4. The SMILES string of the molecule is NCC(=O)N(O)CP(=O)(O)O. The molecule has 0 aromatic carbocycles. The Hall–Kier alpha value is -0.460. The fraction of sp³-hybridized carbons (Fsp3) is 0.667. The van der Waals surface area contributed by atoms with E-state index in [-0.39, 0.29) is 5.06 Å². The van der Waals surface area contributed by atoms with Crippen LogP contribution in [0.25, 0.3) is 0 Å². The molecule has 0 aromatic heterocycles. The van der Waals surface area contributed by atoms with Crippen molar-refractivity contribution in [1.29, 1.82) is 0 Å². The van der Waals surface area contributed by atoms with E-state index in [0.29, 0.717) is 0 Å². The molecule has 0 heterocycles. The fourth-order valence-electron chi connectivity index (χ4n) is 0.359. The highest BCUT2D eigenvalue weighted by molar-refractivity contribution is 7.51. The van der Waals surface area contributed by atoms with Crippen molar-refractivity contribution in [2.75, 3.05) is 12.8 Å². The van der Waals surface area contributed by atoms with Gasteiger partial charge in [-0.15, -0.1) is 0 Å². The monoisotopic (exact) mass is 184 g/mol. The van der Waals surface area contributed by atoms with Gasteiger partial charge in [-0.05, 0) is 0 Å². The first-order valence-electron chi connectivity index (χ1n) is 2.60. The second-order valence-electron chi connectivity index (χ2n) is 1.80. The summed E-state index contributed by atoms with van der Waals surface area (Å²) in [6.45, 7) is -0.490. The van der Waals surface area contributed by atoms with Crippen LogP contribution >= 0.6 is 7.60 Å². The molecule has 0 radical (unpaired) electrons. The lowest BCUT2D eigenvalue weighted by Crippen LogP contribution is -2.33. The van der Waals surface area contributed by atoms with Crippen LogP contribution in [0.4, 0.5) is 0 Å². The average molecular weight is 184 g/mol. The molecule has 11 heavy (non-hydrogen) atoms. The van der Waals surface area contributed by atoms with Crippen molar-refractivity contribution in [3.8, 4) is 0 Å². The van der Waals surface area contributed by atoms with Crippen LogP contribution in [0.3, 0.4) is 0 Å². The summed E-state index contributed by atoms with van der Waals surface area (Å²) in [6, 6.07) is 0. The van der Waals surface area contributed by atoms with Gasteiger partial charge >= 0.3 is 7.60 Å². The first-order chi connectivity index (χ1) is 4.87. The third kappa shape index (κ3) is 4.88. The molecule has 5 N–H and O–H groups in total. The van der Waals surface area contributed by atoms with Crippen LogP contribution in [0.15, 0.2) is 0 Å². The molecule has 0 aliphatic carbocycles. The number of carbonyl (C=O) groups is 1. The number of hydroxylamine groups is 2. The van der Waals surface area contributed by atoms with Gasteiger partial charge in [0.2, 0.25) is 0 Å². The number of carbonyl (C=O) groups excluding carboxylic acids is 1. The van der Waals surface area contributed by atoms with E-state index in [1.807, 2.05) is 0 Å². The van der Waals surface area contributed by atoms with Gasteiger partial charge in [0.05, 0.1) is 6.54 Å². The van der Waals surface area contributed by atoms with Crippen LogP contribution in [0.5, 0.6) is 0 Å². The zero-order valence-electron chi connectivity index (χ0n) is 5.54. The predicted molar refractivity (Wildman–Crippen MR) is 34.6 cm³/mol. The Morgan fingerprint density at radius 1 is 1.55 bits per heavy atom. The molecule has 8 heteroatoms. The van der Waals surface area contributed by atoms with Crippen molar-refractivity contribution >= 4 is 13.5 Å². The minimum atomic E-state index is -4.39. The number of rotatable bonds is 3. The van der Waals surface area contributed by atoms with Crippen LogP contribution in [0.1, 0.15) is 0 Å². The maximum atomic E-state index is 10.4. The topological polar surface area (TPSA) is 124 Å². The average Bonchev–Trinajstić information content (AvgIpc) is 1.82. The normalized spacial score (nSPS) is 11.3. The quantitative estimate of drug-likeness (QED) is 0.235. The second kappa shape index (κ2) is 3.80. The van der Waals surface area contributed by atoms with Gasteiger partial charge in [-0.25, -0.2) is 5.06 Å². The Balaban J connectivity index is 3.98. The summed E-state index contributed by atoms with van der Waals surface area (Å²) in [5.41, 5.74) is 4.79. The van der Waals surface area contributed by atoms with Crippen molar-refractivity contribution in [3.05, 3.63) is 0 Å². The molecule has 0 unspecified atom stereocenters. The van der Waals surface area contributed by atoms with Crippen molar-refractivity contribution < 1.29 is 24.4 Å². The van der Waals surface area contributed by atoms with Gasteiger partial charge in [0.25, 0.3) is 5.91 Å². The third-order valence-electron chi connectivity index (χ3n) is 0.781. The maximum absolute atomic E-state index is 10.4. The molecule has 0 aromatic rings. The highest BCUT2D eigenvalue weighted by Gasteiger charge is 2.20. The number of amides is 1. The van der Waals surface area contributed by atoms with Crippen molar-refractivity contribution in [2.45, 2.75) is 0 Å². The van der Waals surface area contributed by atoms with E-state index >= 15 is 0 Å². The molecule has 0 saturated carbocycles. The van der Waals surface area contributed by atoms with Crippen molar-refractivity contribution in [1.82, 2.24) is 5.06 Å². The summed E-state index contributed by atoms with van der Waals surface area (Å²) in [7, 11) is -4.39. The van der Waals surface area contributed by atoms with E-state index in [9.17, 15) is 9.36 Å². The van der Waals surface area contributed by atoms with E-state index in [2.05, 4.69) is 0 Å². The highest BCUT2D eigenvalue weighted by Crippen LogP contribution is 2.34. The van der Waals surface area contributed by atoms with E-state index in [1.54, 1.807) is 0 Å². The first kappa shape index (κ1) is 10.5. The molecular formula is C3H9N2O5P. The van der Waals surface area contributed by atoms with Gasteiger partial charge in [0.15, 0.2) is 0 Å². The summed E-state index contributed by atoms with van der Waals surface area (Å²) in [5, 5.41) is 8.47. The molecule has 66 valence electrons. The Labute approximate surface area is 62.5 Å². The lowest BCUT2D eigenvalue weighted by molar-refractivity contribution is -0.160. The summed E-state index contributed by atoms with van der Waals surface area (Å²) in [5.74, 6) is -0.937. The lowest BCUT2D eigenvalue weighted by Gasteiger charge is -2.13. The first-order valence-corrected chi connectivity index (χ1v) is 4.40. The predicted octanol–water partition coefficient (Wildman–Crippen LogP) is -1.70. The van der Waals surface area contributed by atoms with Crippen LogP contribution in [0, 0.1) is 0 Å². The smallest absolute Gasteiger partial charge is 0.323 e. The minimum absolute atomic E-state index is 0.0965. The largest absolute Gasteiger partial charge is 0.347 e. The second-order valence-corrected chi connectivity index (χ2v) is 3.42. The molecule has 0 rings (SSSR count). The van der Waals surface area contributed by atoms with Gasteiger partial charge < -0.3 is 15.5 Å². The van der Waals surface area contributed by atoms with Gasteiger partial charge in [-0.3, -0.25) is 14.6 Å². The Morgan fingerprint density at radius 2 is 2.00 bits per heavy atom. The van der Waals surface area contributed by atoms with Crippen LogP contribution in [0.2, 0.25) is 0 Å². The Kier molecular flexibility index (Phi) is 3.64. The van der Waals surface area contributed by atoms with E-state index < -0.39 is 26.3 Å². The molecule has 1 amide bonds. The van der Waals surface area contributed by atoms with Crippen LogP contribution in [-0.4, -0.2) is 38.8 Å². The highest BCUT2D eigenvalue weighted by atomic mass is 31.2. The maximum Gasteiger partial charge on any atom is 0.347 e. The van der Waals surface area contributed by atoms with Gasteiger partial charge in [-0.2, -0.15) is 0 Å². The minimum Gasteiger partial charge on any atom is -0.323 e. The molecule has 0 fully saturated rings. The fourth-order valence-corrected chi connectivity index (χ4v) is 0.865. The zero-order chi connectivity index (χ0) is 9.07. The lowest BCUT2D eigenvalue weighted by atomic mass is 10.6. The zero-order valence-corrected chi connectivity index (χ0v) is 6.44.